The van der Waals surface area contributed by atoms with E-state index >= 15 is 0 Å². The maximum atomic E-state index is 13.2. The van der Waals surface area contributed by atoms with Crippen LogP contribution >= 0.6 is 0 Å². The van der Waals surface area contributed by atoms with E-state index in [9.17, 15) is 18.4 Å². The minimum atomic E-state index is -1.13. The Kier molecular flexibility index (Phi) is 5.51. The number of hydrogen-bond acceptors (Lipinski definition) is 3. The number of hydrogen-bond donors (Lipinski definition) is 1. The summed E-state index contributed by atoms with van der Waals surface area (Å²) in [6, 6.07) is 6.20. The van der Waals surface area contributed by atoms with Gasteiger partial charge in [-0.05, 0) is 51.0 Å². The molecule has 0 aliphatic heterocycles. The van der Waals surface area contributed by atoms with Crippen LogP contribution in [-0.2, 0) is 9.53 Å². The lowest BCUT2D eigenvalue weighted by molar-refractivity contribution is -0.123. The van der Waals surface area contributed by atoms with Gasteiger partial charge in [0.15, 0.2) is 6.10 Å². The van der Waals surface area contributed by atoms with Crippen molar-refractivity contribution in [3.05, 3.63) is 64.2 Å². The molecular formula is C19H19F2NO3. The summed E-state index contributed by atoms with van der Waals surface area (Å²) in [5.41, 5.74) is 3.20. The third-order valence-corrected chi connectivity index (χ3v) is 3.68. The second kappa shape index (κ2) is 7.42. The number of carbonyl (C=O) groups excluding carboxylic acids is 2. The zero-order valence-corrected chi connectivity index (χ0v) is 14.4. The topological polar surface area (TPSA) is 55.4 Å². The number of ether oxygens (including phenoxy) is 1. The smallest absolute Gasteiger partial charge is 0.339 e. The molecule has 0 saturated heterocycles. The van der Waals surface area contributed by atoms with E-state index in [1.165, 1.54) is 6.92 Å². The maximum absolute atomic E-state index is 13.2. The Morgan fingerprint density at radius 3 is 2.00 bits per heavy atom. The number of carbonyl (C=O) groups is 2. The molecule has 2 rings (SSSR count). The third-order valence-electron chi connectivity index (χ3n) is 3.68. The largest absolute Gasteiger partial charge is 0.449 e. The monoisotopic (exact) mass is 347 g/mol. The van der Waals surface area contributed by atoms with Crippen molar-refractivity contribution >= 4 is 17.6 Å². The fourth-order valence-electron chi connectivity index (χ4n) is 2.56. The van der Waals surface area contributed by atoms with Crippen LogP contribution in [0.2, 0.25) is 0 Å². The summed E-state index contributed by atoms with van der Waals surface area (Å²) < 4.78 is 31.3. The highest BCUT2D eigenvalue weighted by Crippen LogP contribution is 2.22. The van der Waals surface area contributed by atoms with Crippen LogP contribution in [0.25, 0.3) is 0 Å². The predicted octanol–water partition coefficient (Wildman–Crippen LogP) is 4.07. The number of aryl methyl sites for hydroxylation is 3. The van der Waals surface area contributed by atoms with Gasteiger partial charge in [-0.3, -0.25) is 4.79 Å². The van der Waals surface area contributed by atoms with Gasteiger partial charge in [0.25, 0.3) is 5.91 Å². The van der Waals surface area contributed by atoms with Crippen molar-refractivity contribution in [2.45, 2.75) is 33.8 Å². The molecule has 0 heterocycles. The molecule has 0 aliphatic carbocycles. The van der Waals surface area contributed by atoms with Crippen molar-refractivity contribution in [2.75, 3.05) is 5.32 Å². The molecule has 6 heteroatoms. The van der Waals surface area contributed by atoms with Crippen LogP contribution in [0, 0.1) is 32.4 Å². The highest BCUT2D eigenvalue weighted by molar-refractivity contribution is 5.98. The number of amides is 1. The van der Waals surface area contributed by atoms with Crippen molar-refractivity contribution in [2.24, 2.45) is 0 Å². The zero-order valence-electron chi connectivity index (χ0n) is 14.4. The first kappa shape index (κ1) is 18.6. The SMILES string of the molecule is Cc1cc(C)c(NC(=O)[C@@H](C)OC(=O)c2cc(F)cc(F)c2)c(C)c1. The molecule has 25 heavy (non-hydrogen) atoms. The average Bonchev–Trinajstić information content (AvgIpc) is 2.49. The number of halogens is 2. The Morgan fingerprint density at radius 1 is 0.960 bits per heavy atom. The summed E-state index contributed by atoms with van der Waals surface area (Å²) in [5, 5.41) is 2.72. The molecule has 1 amide bonds. The number of anilines is 1. The molecule has 132 valence electrons. The molecule has 2 aromatic carbocycles. The minimum Gasteiger partial charge on any atom is -0.449 e. The van der Waals surface area contributed by atoms with E-state index < -0.39 is 29.6 Å². The number of benzene rings is 2. The molecule has 0 aliphatic rings. The van der Waals surface area contributed by atoms with Crippen LogP contribution in [0.5, 0.6) is 0 Å². The second-order valence-electron chi connectivity index (χ2n) is 5.97. The fraction of sp³-hybridized carbons (Fsp3) is 0.263. The van der Waals surface area contributed by atoms with E-state index in [1.54, 1.807) is 0 Å². The molecular weight excluding hydrogens is 328 g/mol. The highest BCUT2D eigenvalue weighted by atomic mass is 19.1. The third kappa shape index (κ3) is 4.62. The van der Waals surface area contributed by atoms with Crippen LogP contribution in [0.15, 0.2) is 30.3 Å². The zero-order chi connectivity index (χ0) is 18.7. The Labute approximate surface area is 144 Å². The average molecular weight is 347 g/mol. The lowest BCUT2D eigenvalue weighted by Crippen LogP contribution is -2.30. The Bertz CT molecular complexity index is 790. The minimum absolute atomic E-state index is 0.292. The Balaban J connectivity index is 2.09. The molecule has 1 atom stereocenters. The van der Waals surface area contributed by atoms with Gasteiger partial charge in [-0.1, -0.05) is 17.7 Å². The number of esters is 1. The first-order chi connectivity index (χ1) is 11.7. The van der Waals surface area contributed by atoms with Crippen LogP contribution in [-0.4, -0.2) is 18.0 Å². The van der Waals surface area contributed by atoms with Gasteiger partial charge in [0, 0.05) is 11.8 Å². The van der Waals surface area contributed by atoms with E-state index in [4.69, 9.17) is 4.74 Å². The highest BCUT2D eigenvalue weighted by Gasteiger charge is 2.21. The van der Waals surface area contributed by atoms with Crippen LogP contribution in [0.1, 0.15) is 34.0 Å². The van der Waals surface area contributed by atoms with Gasteiger partial charge in [-0.2, -0.15) is 0 Å². The fourth-order valence-corrected chi connectivity index (χ4v) is 2.56. The molecule has 1 N–H and O–H groups in total. The lowest BCUT2D eigenvalue weighted by Gasteiger charge is -2.17. The van der Waals surface area contributed by atoms with Gasteiger partial charge in [0.05, 0.1) is 5.56 Å². The Morgan fingerprint density at radius 2 is 1.48 bits per heavy atom. The van der Waals surface area contributed by atoms with Crippen LogP contribution in [0.3, 0.4) is 0 Å². The molecule has 2 aromatic rings. The molecule has 0 aromatic heterocycles. The standard InChI is InChI=1S/C19H19F2NO3/c1-10-5-11(2)17(12(3)6-10)22-18(23)13(4)25-19(24)14-7-15(20)9-16(21)8-14/h5-9,13H,1-4H3,(H,22,23)/t13-/m1/s1. The lowest BCUT2D eigenvalue weighted by atomic mass is 10.0. The van der Waals surface area contributed by atoms with Crippen molar-refractivity contribution in [1.29, 1.82) is 0 Å². The Hall–Kier alpha value is -2.76. The van der Waals surface area contributed by atoms with E-state index in [-0.39, 0.29) is 5.56 Å². The van der Waals surface area contributed by atoms with E-state index in [1.807, 2.05) is 32.9 Å². The predicted molar refractivity (Wildman–Crippen MR) is 90.5 cm³/mol. The summed E-state index contributed by atoms with van der Waals surface area (Å²) in [6.45, 7) is 7.07. The first-order valence-electron chi connectivity index (χ1n) is 7.73. The summed E-state index contributed by atoms with van der Waals surface area (Å²) in [6.07, 6.45) is -1.13. The van der Waals surface area contributed by atoms with E-state index in [0.717, 1.165) is 28.8 Å². The van der Waals surface area contributed by atoms with Crippen LogP contribution in [0.4, 0.5) is 14.5 Å². The van der Waals surface area contributed by atoms with Gasteiger partial charge in [-0.25, -0.2) is 13.6 Å². The summed E-state index contributed by atoms with van der Waals surface area (Å²) >= 11 is 0. The summed E-state index contributed by atoms with van der Waals surface area (Å²) in [4.78, 5) is 24.2. The summed E-state index contributed by atoms with van der Waals surface area (Å²) in [5.74, 6) is -3.29. The van der Waals surface area contributed by atoms with Crippen molar-refractivity contribution in [3.8, 4) is 0 Å². The molecule has 0 fully saturated rings. The quantitative estimate of drug-likeness (QED) is 0.848. The van der Waals surface area contributed by atoms with E-state index in [2.05, 4.69) is 5.32 Å². The number of rotatable bonds is 4. The molecule has 0 bridgehead atoms. The molecule has 4 nitrogen and oxygen atoms in total. The van der Waals surface area contributed by atoms with Gasteiger partial charge in [-0.15, -0.1) is 0 Å². The van der Waals surface area contributed by atoms with Gasteiger partial charge in [0.1, 0.15) is 11.6 Å². The molecule has 0 unspecified atom stereocenters. The van der Waals surface area contributed by atoms with Gasteiger partial charge >= 0.3 is 5.97 Å². The van der Waals surface area contributed by atoms with Crippen molar-refractivity contribution in [1.82, 2.24) is 0 Å². The van der Waals surface area contributed by atoms with Crippen LogP contribution < -0.4 is 5.32 Å². The van der Waals surface area contributed by atoms with E-state index in [0.29, 0.717) is 11.8 Å². The normalized spacial score (nSPS) is 11.8. The maximum Gasteiger partial charge on any atom is 0.339 e. The number of nitrogens with one attached hydrogen (secondary N) is 1. The van der Waals surface area contributed by atoms with Crippen molar-refractivity contribution < 1.29 is 23.1 Å². The first-order valence-corrected chi connectivity index (χ1v) is 7.73. The molecule has 0 saturated carbocycles. The van der Waals surface area contributed by atoms with Gasteiger partial charge < -0.3 is 10.1 Å². The van der Waals surface area contributed by atoms with Crippen molar-refractivity contribution in [3.63, 3.8) is 0 Å². The summed E-state index contributed by atoms with van der Waals surface area (Å²) in [7, 11) is 0. The molecule has 0 radical (unpaired) electrons. The second-order valence-corrected chi connectivity index (χ2v) is 5.97. The van der Waals surface area contributed by atoms with Gasteiger partial charge in [0.2, 0.25) is 0 Å². The molecule has 0 spiro atoms.